The van der Waals surface area contributed by atoms with E-state index in [4.69, 9.17) is 0 Å². The van der Waals surface area contributed by atoms with Crippen molar-refractivity contribution in [3.05, 3.63) is 12.5 Å². The van der Waals surface area contributed by atoms with E-state index in [9.17, 15) is 8.42 Å². The molecular weight excluding hydrogens is 228 g/mol. The second kappa shape index (κ2) is 3.31. The van der Waals surface area contributed by atoms with E-state index in [1.54, 1.807) is 0 Å². The van der Waals surface area contributed by atoms with Crippen LogP contribution in [-0.2, 0) is 10.0 Å². The summed E-state index contributed by atoms with van der Waals surface area (Å²) in [6, 6.07) is 0. The number of hydrogen-bond donors (Lipinski definition) is 2. The highest BCUT2D eigenvalue weighted by Crippen LogP contribution is 2.12. The molecule has 0 saturated heterocycles. The van der Waals surface area contributed by atoms with Crippen molar-refractivity contribution in [3.8, 4) is 0 Å². The fourth-order valence-corrected chi connectivity index (χ4v) is 2.22. The zero-order chi connectivity index (χ0) is 10.0. The van der Waals surface area contributed by atoms with Crippen LogP contribution in [0.15, 0.2) is 17.6 Å². The first-order valence-corrected chi connectivity index (χ1v) is 5.60. The summed E-state index contributed by atoms with van der Waals surface area (Å²) in [5.74, 6) is 0. The summed E-state index contributed by atoms with van der Waals surface area (Å²) in [6.45, 7) is 0. The molecule has 0 fully saturated rings. The Bertz CT molecular complexity index is 488. The van der Waals surface area contributed by atoms with E-state index >= 15 is 0 Å². The second-order valence-corrected chi connectivity index (χ2v) is 4.57. The zero-order valence-corrected chi connectivity index (χ0v) is 8.21. The molecular formula is C4H4N6O2S2. The highest BCUT2D eigenvalue weighted by Gasteiger charge is 2.17. The molecule has 0 radical (unpaired) electrons. The van der Waals surface area contributed by atoms with Gasteiger partial charge >= 0.3 is 0 Å². The van der Waals surface area contributed by atoms with Crippen LogP contribution in [0.3, 0.4) is 0 Å². The summed E-state index contributed by atoms with van der Waals surface area (Å²) < 4.78 is 28.6. The normalized spacial score (nSPS) is 11.4. The standard InChI is InChI=1S/C4H4N6O2S2/c11-14(12,3-1-5-2-6-3)8-4-7-9-10-13-4/h1-2H,(H,5,6)(H,7,8,10). The number of imidazole rings is 1. The molecule has 0 saturated carbocycles. The summed E-state index contributed by atoms with van der Waals surface area (Å²) in [7, 11) is -3.64. The van der Waals surface area contributed by atoms with Crippen LogP contribution in [0.1, 0.15) is 0 Å². The van der Waals surface area contributed by atoms with Gasteiger partial charge in [0.1, 0.15) is 0 Å². The second-order valence-electron chi connectivity index (χ2n) is 2.19. The lowest BCUT2D eigenvalue weighted by atomic mass is 11.0. The van der Waals surface area contributed by atoms with Gasteiger partial charge in [-0.3, -0.25) is 4.72 Å². The van der Waals surface area contributed by atoms with Crippen LogP contribution in [0, 0.1) is 0 Å². The summed E-state index contributed by atoms with van der Waals surface area (Å²) in [6.07, 6.45) is 2.46. The molecule has 0 unspecified atom stereocenters. The van der Waals surface area contributed by atoms with Crippen molar-refractivity contribution in [1.82, 2.24) is 24.8 Å². The minimum Gasteiger partial charge on any atom is -0.334 e. The van der Waals surface area contributed by atoms with Gasteiger partial charge in [0.05, 0.1) is 12.5 Å². The van der Waals surface area contributed by atoms with E-state index in [-0.39, 0.29) is 10.2 Å². The SMILES string of the molecule is O=S(=O)(Nc1nnns1)c1cnc[nH]1. The lowest BCUT2D eigenvalue weighted by Gasteiger charge is -1.99. The molecule has 0 aliphatic carbocycles. The fraction of sp³-hybridized carbons (Fsp3) is 0. The van der Waals surface area contributed by atoms with Gasteiger partial charge in [0, 0.05) is 11.5 Å². The zero-order valence-electron chi connectivity index (χ0n) is 6.58. The molecule has 2 heterocycles. The average Bonchev–Trinajstić information content (AvgIpc) is 2.71. The third-order valence-corrected chi connectivity index (χ3v) is 3.19. The van der Waals surface area contributed by atoms with Crippen molar-refractivity contribution in [3.63, 3.8) is 0 Å². The molecule has 0 bridgehead atoms. The molecule has 8 nitrogen and oxygen atoms in total. The van der Waals surface area contributed by atoms with Crippen LogP contribution in [0.4, 0.5) is 5.13 Å². The third-order valence-electron chi connectivity index (χ3n) is 1.28. The largest absolute Gasteiger partial charge is 0.334 e. The first kappa shape index (κ1) is 9.02. The average molecular weight is 232 g/mol. The van der Waals surface area contributed by atoms with Crippen molar-refractivity contribution in [2.24, 2.45) is 0 Å². The van der Waals surface area contributed by atoms with Gasteiger partial charge in [-0.15, -0.1) is 0 Å². The van der Waals surface area contributed by atoms with Crippen LogP contribution < -0.4 is 4.72 Å². The number of nitrogens with zero attached hydrogens (tertiary/aromatic N) is 4. The number of hydrogen-bond acceptors (Lipinski definition) is 7. The molecule has 0 aromatic carbocycles. The van der Waals surface area contributed by atoms with E-state index in [1.165, 1.54) is 12.5 Å². The Morgan fingerprint density at radius 2 is 2.36 bits per heavy atom. The molecule has 0 aliphatic rings. The predicted molar refractivity (Wildman–Crippen MR) is 47.1 cm³/mol. The monoisotopic (exact) mass is 232 g/mol. The molecule has 2 aromatic rings. The molecule has 2 rings (SSSR count). The van der Waals surface area contributed by atoms with E-state index in [2.05, 4.69) is 29.5 Å². The first-order valence-electron chi connectivity index (χ1n) is 3.35. The number of anilines is 1. The summed E-state index contributed by atoms with van der Waals surface area (Å²) in [4.78, 5) is 6.06. The molecule has 0 spiro atoms. The molecule has 14 heavy (non-hydrogen) atoms. The number of aromatic amines is 1. The van der Waals surface area contributed by atoms with E-state index in [1.807, 2.05) is 0 Å². The van der Waals surface area contributed by atoms with Gasteiger partial charge in [-0.1, -0.05) is 9.59 Å². The smallest absolute Gasteiger partial charge is 0.280 e. The number of aromatic nitrogens is 5. The number of sulfonamides is 1. The maximum atomic E-state index is 11.5. The topological polar surface area (TPSA) is 114 Å². The Labute approximate surface area is 82.6 Å². The van der Waals surface area contributed by atoms with Crippen LogP contribution in [0.5, 0.6) is 0 Å². The highest BCUT2D eigenvalue weighted by atomic mass is 32.2. The van der Waals surface area contributed by atoms with Crippen molar-refractivity contribution in [1.29, 1.82) is 0 Å². The lowest BCUT2D eigenvalue weighted by Crippen LogP contribution is -2.13. The number of nitrogens with one attached hydrogen (secondary N) is 2. The third kappa shape index (κ3) is 1.70. The Balaban J connectivity index is 2.27. The van der Waals surface area contributed by atoms with Gasteiger partial charge in [0.2, 0.25) is 5.13 Å². The Morgan fingerprint density at radius 1 is 1.50 bits per heavy atom. The lowest BCUT2D eigenvalue weighted by molar-refractivity contribution is 0.598. The van der Waals surface area contributed by atoms with Crippen LogP contribution in [0.25, 0.3) is 0 Å². The van der Waals surface area contributed by atoms with Gasteiger partial charge < -0.3 is 4.98 Å². The quantitative estimate of drug-likeness (QED) is 0.734. The predicted octanol–water partition coefficient (Wildman–Crippen LogP) is -0.543. The highest BCUT2D eigenvalue weighted by molar-refractivity contribution is 7.92. The van der Waals surface area contributed by atoms with E-state index in [0.29, 0.717) is 0 Å². The van der Waals surface area contributed by atoms with E-state index in [0.717, 1.165) is 11.5 Å². The number of rotatable bonds is 3. The minimum atomic E-state index is -3.64. The first-order chi connectivity index (χ1) is 6.68. The Kier molecular flexibility index (Phi) is 2.13. The molecule has 2 N–H and O–H groups in total. The van der Waals surface area contributed by atoms with Gasteiger partial charge in [-0.05, 0) is 5.21 Å². The molecule has 0 amide bonds. The van der Waals surface area contributed by atoms with Gasteiger partial charge in [-0.2, -0.15) is 8.42 Å². The maximum Gasteiger partial charge on any atom is 0.280 e. The van der Waals surface area contributed by atoms with Gasteiger partial charge in [0.15, 0.2) is 5.03 Å². The van der Waals surface area contributed by atoms with Crippen molar-refractivity contribution in [2.75, 3.05) is 4.72 Å². The summed E-state index contributed by atoms with van der Waals surface area (Å²) in [5.41, 5.74) is 0. The molecule has 2 aromatic heterocycles. The molecule has 74 valence electrons. The minimum absolute atomic E-state index is 0.0345. The van der Waals surface area contributed by atoms with Crippen LogP contribution >= 0.6 is 11.5 Å². The molecule has 10 heteroatoms. The van der Waals surface area contributed by atoms with Gasteiger partial charge in [-0.25, -0.2) is 4.98 Å². The van der Waals surface area contributed by atoms with Crippen molar-refractivity contribution >= 4 is 26.7 Å². The van der Waals surface area contributed by atoms with Crippen molar-refractivity contribution < 1.29 is 8.42 Å². The summed E-state index contributed by atoms with van der Waals surface area (Å²) in [5, 5.41) is 6.77. The Hall–Kier alpha value is -1.55. The fourth-order valence-electron chi connectivity index (χ4n) is 0.733. The van der Waals surface area contributed by atoms with Crippen molar-refractivity contribution in [2.45, 2.75) is 5.03 Å². The van der Waals surface area contributed by atoms with Gasteiger partial charge in [0.25, 0.3) is 10.0 Å². The van der Waals surface area contributed by atoms with Crippen LogP contribution in [-0.4, -0.2) is 33.2 Å². The number of H-pyrrole nitrogens is 1. The Morgan fingerprint density at radius 3 is 2.93 bits per heavy atom. The summed E-state index contributed by atoms with van der Waals surface area (Å²) >= 11 is 0.850. The molecule has 0 atom stereocenters. The maximum absolute atomic E-state index is 11.5. The molecule has 0 aliphatic heterocycles. The van der Waals surface area contributed by atoms with Crippen LogP contribution in [0.2, 0.25) is 0 Å². The van der Waals surface area contributed by atoms with E-state index < -0.39 is 10.0 Å².